The maximum absolute atomic E-state index is 12.9. The van der Waals surface area contributed by atoms with E-state index in [1.54, 1.807) is 6.20 Å². The average Bonchev–Trinajstić information content (AvgIpc) is 3.02. The lowest BCUT2D eigenvalue weighted by atomic mass is 9.73. The minimum atomic E-state index is -3.46. The molecule has 0 saturated heterocycles. The predicted molar refractivity (Wildman–Crippen MR) is 97.1 cm³/mol. The molecule has 5 N–H and O–H groups in total. The molecule has 1 heterocycles. The molecule has 3 aliphatic rings. The van der Waals surface area contributed by atoms with Crippen LogP contribution in [-0.4, -0.2) is 37.8 Å². The Balaban J connectivity index is 1.62. The lowest BCUT2D eigenvalue weighted by Gasteiger charge is -2.39. The molecule has 26 heavy (non-hydrogen) atoms. The van der Waals surface area contributed by atoms with Crippen LogP contribution in [0.1, 0.15) is 45.4 Å². The molecule has 9 heteroatoms. The number of nitrogens with two attached hydrogens (primary N) is 1. The van der Waals surface area contributed by atoms with Crippen LogP contribution in [0.15, 0.2) is 11.8 Å². The third-order valence-electron chi connectivity index (χ3n) is 6.06. The van der Waals surface area contributed by atoms with E-state index in [1.807, 2.05) is 0 Å². The van der Waals surface area contributed by atoms with Crippen molar-refractivity contribution in [3.63, 3.8) is 0 Å². The third-order valence-corrected chi connectivity index (χ3v) is 8.04. The molecule has 4 unspecified atom stereocenters. The molecule has 2 fully saturated rings. The van der Waals surface area contributed by atoms with E-state index in [4.69, 9.17) is 5.73 Å². The van der Waals surface area contributed by atoms with Crippen molar-refractivity contribution in [2.45, 2.75) is 68.8 Å². The Kier molecular flexibility index (Phi) is 5.44. The summed E-state index contributed by atoms with van der Waals surface area (Å²) in [6.07, 6.45) is 5.63. The Labute approximate surface area is 154 Å². The minimum Gasteiger partial charge on any atom is -0.385 e. The monoisotopic (exact) mass is 381 g/mol. The standard InChI is InChI=1S/C17H27N5O3S/c1-10-2-7-14(16-15(10)11(8-18)9-20-16)22-26(24,25)13-5-3-12(4-6-13)21-17(19)23/h9-10,12-16,20,22H,2-7H2,1H3,(H3,19,21,23). The minimum absolute atomic E-state index is 0.0438. The quantitative estimate of drug-likeness (QED) is 0.567. The summed E-state index contributed by atoms with van der Waals surface area (Å²) >= 11 is 0. The number of nitriles is 1. The van der Waals surface area contributed by atoms with Gasteiger partial charge < -0.3 is 16.4 Å². The molecule has 2 saturated carbocycles. The summed E-state index contributed by atoms with van der Waals surface area (Å²) in [5.74, 6) is 0.425. The van der Waals surface area contributed by atoms with E-state index < -0.39 is 21.3 Å². The fraction of sp³-hybridized carbons (Fsp3) is 0.765. The normalized spacial score (nSPS) is 37.0. The fourth-order valence-electron chi connectivity index (χ4n) is 4.67. The highest BCUT2D eigenvalue weighted by Gasteiger charge is 2.44. The van der Waals surface area contributed by atoms with Gasteiger partial charge in [0, 0.05) is 30.2 Å². The van der Waals surface area contributed by atoms with E-state index >= 15 is 0 Å². The van der Waals surface area contributed by atoms with Crippen molar-refractivity contribution in [3.05, 3.63) is 11.8 Å². The van der Waals surface area contributed by atoms with Crippen LogP contribution in [0.5, 0.6) is 0 Å². The second-order valence-corrected chi connectivity index (χ2v) is 9.73. The van der Waals surface area contributed by atoms with Crippen LogP contribution in [0, 0.1) is 23.2 Å². The number of carbonyl (C=O) groups excluding carboxylic acids is 1. The maximum Gasteiger partial charge on any atom is 0.312 e. The second-order valence-electron chi connectivity index (χ2n) is 7.74. The number of primary amides is 1. The molecular weight excluding hydrogens is 354 g/mol. The van der Waals surface area contributed by atoms with E-state index in [1.165, 1.54) is 0 Å². The predicted octanol–water partition coefficient (Wildman–Crippen LogP) is 0.679. The highest BCUT2D eigenvalue weighted by molar-refractivity contribution is 7.90. The van der Waals surface area contributed by atoms with Crippen LogP contribution in [0.4, 0.5) is 4.79 Å². The number of sulfonamides is 1. The summed E-state index contributed by atoms with van der Waals surface area (Å²) in [6, 6.07) is 1.37. The number of urea groups is 1. The Morgan fingerprint density at radius 3 is 2.58 bits per heavy atom. The topological polar surface area (TPSA) is 137 Å². The van der Waals surface area contributed by atoms with Gasteiger partial charge in [-0.15, -0.1) is 0 Å². The molecule has 8 nitrogen and oxygen atoms in total. The van der Waals surface area contributed by atoms with Crippen LogP contribution in [0.3, 0.4) is 0 Å². The number of carbonyl (C=O) groups is 1. The van der Waals surface area contributed by atoms with Gasteiger partial charge in [-0.25, -0.2) is 17.9 Å². The number of nitrogens with one attached hydrogen (secondary N) is 3. The first-order valence-electron chi connectivity index (χ1n) is 9.25. The molecule has 0 aromatic heterocycles. The summed E-state index contributed by atoms with van der Waals surface area (Å²) in [7, 11) is -3.46. The molecular formula is C17H27N5O3S. The van der Waals surface area contributed by atoms with Gasteiger partial charge in [0.1, 0.15) is 0 Å². The Morgan fingerprint density at radius 2 is 1.96 bits per heavy atom. The van der Waals surface area contributed by atoms with Gasteiger partial charge in [0.05, 0.1) is 16.9 Å². The molecule has 4 atom stereocenters. The largest absolute Gasteiger partial charge is 0.385 e. The molecule has 144 valence electrons. The van der Waals surface area contributed by atoms with Crippen LogP contribution >= 0.6 is 0 Å². The molecule has 2 aliphatic carbocycles. The first-order chi connectivity index (χ1) is 12.3. The van der Waals surface area contributed by atoms with E-state index in [2.05, 4.69) is 28.3 Å². The Morgan fingerprint density at radius 1 is 1.27 bits per heavy atom. The molecule has 2 amide bonds. The summed E-state index contributed by atoms with van der Waals surface area (Å²) in [5.41, 5.74) is 5.85. The first kappa shape index (κ1) is 19.0. The molecule has 0 spiro atoms. The van der Waals surface area contributed by atoms with Crippen LogP contribution in [0.2, 0.25) is 0 Å². The van der Waals surface area contributed by atoms with Crippen molar-refractivity contribution < 1.29 is 13.2 Å². The van der Waals surface area contributed by atoms with Crippen molar-refractivity contribution in [2.75, 3.05) is 0 Å². The van der Waals surface area contributed by atoms with Crippen molar-refractivity contribution in [3.8, 4) is 6.07 Å². The highest BCUT2D eigenvalue weighted by Crippen LogP contribution is 2.38. The zero-order valence-corrected chi connectivity index (χ0v) is 15.8. The SMILES string of the molecule is CC1CCC(NS(=O)(=O)C2CCC(NC(N)=O)CC2)C2NC=C(C#N)C12. The lowest BCUT2D eigenvalue weighted by Crippen LogP contribution is -2.56. The number of hydrogen-bond acceptors (Lipinski definition) is 5. The molecule has 0 aromatic carbocycles. The van der Waals surface area contributed by atoms with Gasteiger partial charge >= 0.3 is 6.03 Å². The van der Waals surface area contributed by atoms with Gasteiger partial charge in [-0.05, 0) is 44.4 Å². The summed E-state index contributed by atoms with van der Waals surface area (Å²) < 4.78 is 28.7. The average molecular weight is 382 g/mol. The van der Waals surface area contributed by atoms with Gasteiger partial charge in [-0.2, -0.15) is 5.26 Å². The summed E-state index contributed by atoms with van der Waals surface area (Å²) in [5, 5.41) is 14.7. The third kappa shape index (κ3) is 3.81. The van der Waals surface area contributed by atoms with Crippen molar-refractivity contribution in [1.29, 1.82) is 5.26 Å². The van der Waals surface area contributed by atoms with Gasteiger partial charge in [0.2, 0.25) is 10.0 Å². The summed E-state index contributed by atoms with van der Waals surface area (Å²) in [4.78, 5) is 10.9. The van der Waals surface area contributed by atoms with E-state index in [0.29, 0.717) is 37.2 Å². The molecule has 0 bridgehead atoms. The van der Waals surface area contributed by atoms with Gasteiger partial charge in [0.25, 0.3) is 0 Å². The van der Waals surface area contributed by atoms with E-state index in [9.17, 15) is 18.5 Å². The number of rotatable bonds is 4. The van der Waals surface area contributed by atoms with Crippen LogP contribution in [-0.2, 0) is 10.0 Å². The van der Waals surface area contributed by atoms with E-state index in [0.717, 1.165) is 12.8 Å². The number of nitrogens with zero attached hydrogens (tertiary/aromatic N) is 1. The zero-order valence-electron chi connectivity index (χ0n) is 14.9. The number of fused-ring (bicyclic) bond motifs is 1. The second kappa shape index (κ2) is 7.45. The smallest absolute Gasteiger partial charge is 0.312 e. The van der Waals surface area contributed by atoms with Crippen molar-refractivity contribution >= 4 is 16.1 Å². The lowest BCUT2D eigenvalue weighted by molar-refractivity contribution is 0.217. The summed E-state index contributed by atoms with van der Waals surface area (Å²) in [6.45, 7) is 2.12. The Hall–Kier alpha value is -1.79. The van der Waals surface area contributed by atoms with E-state index in [-0.39, 0.29) is 24.0 Å². The number of hydrogen-bond donors (Lipinski definition) is 4. The first-order valence-corrected chi connectivity index (χ1v) is 10.8. The highest BCUT2D eigenvalue weighted by atomic mass is 32.2. The molecule has 0 aromatic rings. The van der Waals surface area contributed by atoms with Crippen molar-refractivity contribution in [1.82, 2.24) is 15.4 Å². The van der Waals surface area contributed by atoms with Gasteiger partial charge in [-0.3, -0.25) is 0 Å². The van der Waals surface area contributed by atoms with Gasteiger partial charge in [0.15, 0.2) is 0 Å². The number of amides is 2. The van der Waals surface area contributed by atoms with Crippen LogP contribution < -0.4 is 21.1 Å². The van der Waals surface area contributed by atoms with Gasteiger partial charge in [-0.1, -0.05) is 6.92 Å². The van der Waals surface area contributed by atoms with Crippen LogP contribution in [0.25, 0.3) is 0 Å². The fourth-order valence-corrected chi connectivity index (χ4v) is 6.44. The molecule has 1 aliphatic heterocycles. The Bertz CT molecular complexity index is 721. The molecule has 0 radical (unpaired) electrons. The zero-order chi connectivity index (χ0) is 18.9. The maximum atomic E-state index is 12.9. The van der Waals surface area contributed by atoms with Crippen molar-refractivity contribution in [2.24, 2.45) is 17.6 Å². The molecule has 3 rings (SSSR count).